The third-order valence-corrected chi connectivity index (χ3v) is 3.24. The normalized spacial score (nSPS) is 20.8. The molecule has 0 spiro atoms. The molecule has 1 atom stereocenters. The number of hydrogen-bond donors (Lipinski definition) is 1. The highest BCUT2D eigenvalue weighted by Crippen LogP contribution is 2.24. The van der Waals surface area contributed by atoms with E-state index in [4.69, 9.17) is 0 Å². The fourth-order valence-electron chi connectivity index (χ4n) is 2.12. The largest absolute Gasteiger partial charge is 0.310 e. The maximum Gasteiger partial charge on any atom is 0.0320 e. The lowest BCUT2D eigenvalue weighted by Crippen LogP contribution is -2.26. The molecule has 1 heterocycles. The van der Waals surface area contributed by atoms with Crippen LogP contribution in [0.15, 0.2) is 18.2 Å². The maximum absolute atomic E-state index is 3.58. The Balaban J connectivity index is 0.00000112. The molecule has 15 heavy (non-hydrogen) atoms. The topological polar surface area (TPSA) is 12.0 Å². The predicted octanol–water partition coefficient (Wildman–Crippen LogP) is 3.54. The average molecular weight is 226 g/mol. The number of piperidine rings is 1. The van der Waals surface area contributed by atoms with Gasteiger partial charge >= 0.3 is 0 Å². The van der Waals surface area contributed by atoms with Crippen LogP contribution in [0.1, 0.15) is 42.0 Å². The second kappa shape index (κ2) is 5.53. The smallest absolute Gasteiger partial charge is 0.0320 e. The number of aryl methyl sites for hydroxylation is 2. The molecule has 0 aliphatic carbocycles. The maximum atomic E-state index is 3.58. The highest BCUT2D eigenvalue weighted by Gasteiger charge is 2.14. The minimum absolute atomic E-state index is 0. The van der Waals surface area contributed by atoms with Gasteiger partial charge in [0.1, 0.15) is 0 Å². The molecule has 0 radical (unpaired) electrons. The molecule has 1 aromatic carbocycles. The van der Waals surface area contributed by atoms with Gasteiger partial charge in [0, 0.05) is 6.04 Å². The van der Waals surface area contributed by atoms with Crippen LogP contribution < -0.4 is 5.32 Å². The van der Waals surface area contributed by atoms with Crippen molar-refractivity contribution in [2.75, 3.05) is 6.54 Å². The molecule has 0 unspecified atom stereocenters. The number of rotatable bonds is 1. The molecule has 84 valence electrons. The Bertz CT molecular complexity index is 316. The van der Waals surface area contributed by atoms with Crippen molar-refractivity contribution in [3.05, 3.63) is 34.9 Å². The van der Waals surface area contributed by atoms with Crippen molar-refractivity contribution >= 4 is 12.4 Å². The fourth-order valence-corrected chi connectivity index (χ4v) is 2.12. The Morgan fingerprint density at radius 3 is 2.53 bits per heavy atom. The van der Waals surface area contributed by atoms with E-state index in [1.54, 1.807) is 0 Å². The van der Waals surface area contributed by atoms with Gasteiger partial charge in [-0.3, -0.25) is 0 Å². The number of nitrogens with one attached hydrogen (secondary N) is 1. The van der Waals surface area contributed by atoms with Crippen molar-refractivity contribution < 1.29 is 0 Å². The fraction of sp³-hybridized carbons (Fsp3) is 0.538. The summed E-state index contributed by atoms with van der Waals surface area (Å²) in [5.41, 5.74) is 4.27. The first-order chi connectivity index (χ1) is 6.77. The van der Waals surface area contributed by atoms with Crippen LogP contribution in [0.2, 0.25) is 0 Å². The number of benzene rings is 1. The lowest BCUT2D eigenvalue weighted by atomic mass is 9.95. The van der Waals surface area contributed by atoms with Gasteiger partial charge in [-0.2, -0.15) is 0 Å². The molecule has 0 aromatic heterocycles. The first kappa shape index (κ1) is 12.5. The van der Waals surface area contributed by atoms with Crippen molar-refractivity contribution in [2.24, 2.45) is 0 Å². The summed E-state index contributed by atoms with van der Waals surface area (Å²) >= 11 is 0. The Morgan fingerprint density at radius 1 is 1.13 bits per heavy atom. The first-order valence-electron chi connectivity index (χ1n) is 5.58. The zero-order valence-electron chi connectivity index (χ0n) is 9.55. The van der Waals surface area contributed by atoms with Gasteiger partial charge < -0.3 is 5.32 Å². The van der Waals surface area contributed by atoms with Gasteiger partial charge in [-0.25, -0.2) is 0 Å². The van der Waals surface area contributed by atoms with Crippen LogP contribution in [0.25, 0.3) is 0 Å². The van der Waals surface area contributed by atoms with Crippen molar-refractivity contribution in [2.45, 2.75) is 39.2 Å². The summed E-state index contributed by atoms with van der Waals surface area (Å²) in [6.45, 7) is 5.55. The highest BCUT2D eigenvalue weighted by molar-refractivity contribution is 5.85. The molecule has 2 rings (SSSR count). The molecular weight excluding hydrogens is 206 g/mol. The lowest BCUT2D eigenvalue weighted by Gasteiger charge is -2.24. The predicted molar refractivity (Wildman–Crippen MR) is 67.8 cm³/mol. The van der Waals surface area contributed by atoms with Crippen LogP contribution in [0.5, 0.6) is 0 Å². The van der Waals surface area contributed by atoms with E-state index in [1.807, 2.05) is 0 Å². The number of halogens is 1. The zero-order chi connectivity index (χ0) is 9.97. The van der Waals surface area contributed by atoms with E-state index in [2.05, 4.69) is 37.4 Å². The van der Waals surface area contributed by atoms with Crippen LogP contribution in [0.4, 0.5) is 0 Å². The summed E-state index contributed by atoms with van der Waals surface area (Å²) in [7, 11) is 0. The molecule has 1 aliphatic rings. The van der Waals surface area contributed by atoms with Gasteiger partial charge in [-0.1, -0.05) is 24.6 Å². The molecule has 1 N–H and O–H groups in total. The minimum Gasteiger partial charge on any atom is -0.310 e. The Kier molecular flexibility index (Phi) is 4.62. The molecule has 1 fully saturated rings. The third-order valence-electron chi connectivity index (χ3n) is 3.24. The van der Waals surface area contributed by atoms with Crippen molar-refractivity contribution in [1.82, 2.24) is 5.32 Å². The Labute approximate surface area is 98.7 Å². The lowest BCUT2D eigenvalue weighted by molar-refractivity contribution is 0.412. The van der Waals surface area contributed by atoms with Gasteiger partial charge in [0.05, 0.1) is 0 Å². The molecule has 0 amide bonds. The summed E-state index contributed by atoms with van der Waals surface area (Å²) in [6, 6.07) is 7.44. The highest BCUT2D eigenvalue weighted by atomic mass is 35.5. The second-order valence-corrected chi connectivity index (χ2v) is 4.35. The summed E-state index contributed by atoms with van der Waals surface area (Å²) in [5.74, 6) is 0. The SMILES string of the molecule is Cc1ccc([C@H]2CCCCN2)cc1C.Cl. The standard InChI is InChI=1S/C13H19N.ClH/c1-10-6-7-12(9-11(10)2)13-5-3-4-8-14-13;/h6-7,9,13-14H,3-5,8H2,1-2H3;1H/t13-;/m1./s1. The summed E-state index contributed by atoms with van der Waals surface area (Å²) in [4.78, 5) is 0. The van der Waals surface area contributed by atoms with Gasteiger partial charge in [-0.15, -0.1) is 12.4 Å². The first-order valence-corrected chi connectivity index (χ1v) is 5.58. The van der Waals surface area contributed by atoms with Crippen molar-refractivity contribution in [3.63, 3.8) is 0 Å². The van der Waals surface area contributed by atoms with E-state index in [9.17, 15) is 0 Å². The van der Waals surface area contributed by atoms with E-state index < -0.39 is 0 Å². The van der Waals surface area contributed by atoms with E-state index >= 15 is 0 Å². The van der Waals surface area contributed by atoms with E-state index in [0.717, 1.165) is 0 Å². The minimum atomic E-state index is 0. The zero-order valence-corrected chi connectivity index (χ0v) is 10.4. The van der Waals surface area contributed by atoms with Gasteiger partial charge in [0.2, 0.25) is 0 Å². The monoisotopic (exact) mass is 225 g/mol. The third kappa shape index (κ3) is 2.96. The summed E-state index contributed by atoms with van der Waals surface area (Å²) in [6.07, 6.45) is 3.99. The number of hydrogen-bond acceptors (Lipinski definition) is 1. The van der Waals surface area contributed by atoms with Crippen LogP contribution in [-0.2, 0) is 0 Å². The molecule has 0 saturated carbocycles. The van der Waals surface area contributed by atoms with Gasteiger partial charge in [-0.05, 0) is 49.9 Å². The molecule has 2 heteroatoms. The van der Waals surface area contributed by atoms with Crippen molar-refractivity contribution in [1.29, 1.82) is 0 Å². The van der Waals surface area contributed by atoms with Gasteiger partial charge in [0.15, 0.2) is 0 Å². The van der Waals surface area contributed by atoms with Crippen LogP contribution in [-0.4, -0.2) is 6.54 Å². The van der Waals surface area contributed by atoms with Gasteiger partial charge in [0.25, 0.3) is 0 Å². The Hall–Kier alpha value is -0.530. The summed E-state index contributed by atoms with van der Waals surface area (Å²) < 4.78 is 0. The quantitative estimate of drug-likeness (QED) is 0.771. The summed E-state index contributed by atoms with van der Waals surface area (Å²) in [5, 5.41) is 3.58. The van der Waals surface area contributed by atoms with Crippen molar-refractivity contribution in [3.8, 4) is 0 Å². The molecule has 1 saturated heterocycles. The average Bonchev–Trinajstić information content (AvgIpc) is 2.23. The second-order valence-electron chi connectivity index (χ2n) is 4.35. The van der Waals surface area contributed by atoms with Crippen LogP contribution in [0.3, 0.4) is 0 Å². The van der Waals surface area contributed by atoms with E-state index in [0.29, 0.717) is 6.04 Å². The molecule has 1 aromatic rings. The molecule has 1 nitrogen and oxygen atoms in total. The van der Waals surface area contributed by atoms with E-state index in [1.165, 1.54) is 42.5 Å². The Morgan fingerprint density at radius 2 is 1.93 bits per heavy atom. The van der Waals surface area contributed by atoms with Crippen LogP contribution in [0, 0.1) is 13.8 Å². The van der Waals surface area contributed by atoms with E-state index in [-0.39, 0.29) is 12.4 Å². The molecule has 1 aliphatic heterocycles. The molecule has 0 bridgehead atoms. The van der Waals surface area contributed by atoms with Crippen LogP contribution >= 0.6 is 12.4 Å². The molecular formula is C13H20ClN.